The fourth-order valence-corrected chi connectivity index (χ4v) is 2.85. The lowest BCUT2D eigenvalue weighted by atomic mass is 10.1. The molecule has 3 atom stereocenters. The number of carbonyl (C=O) groups is 2. The van der Waals surface area contributed by atoms with Gasteiger partial charge in [0, 0.05) is 6.04 Å². The lowest BCUT2D eigenvalue weighted by molar-refractivity contribution is -0.123. The monoisotopic (exact) mass is 272 g/mol. The Labute approximate surface area is 119 Å². The number of hydrogen-bond acceptors (Lipinski definition) is 3. The summed E-state index contributed by atoms with van der Waals surface area (Å²) in [6, 6.07) is 7.96. The molecular formula is C16H20N2O2. The van der Waals surface area contributed by atoms with Gasteiger partial charge >= 0.3 is 0 Å². The Morgan fingerprint density at radius 3 is 2.65 bits per heavy atom. The molecule has 3 unspecified atom stereocenters. The van der Waals surface area contributed by atoms with E-state index in [9.17, 15) is 9.59 Å². The second-order valence-corrected chi connectivity index (χ2v) is 5.73. The van der Waals surface area contributed by atoms with Crippen LogP contribution in [0.25, 0.3) is 0 Å². The molecule has 1 heterocycles. The van der Waals surface area contributed by atoms with Crippen LogP contribution in [0, 0.1) is 11.8 Å². The summed E-state index contributed by atoms with van der Waals surface area (Å²) >= 11 is 0. The number of nitrogens with zero attached hydrogens (tertiary/aromatic N) is 1. The van der Waals surface area contributed by atoms with E-state index in [-0.39, 0.29) is 29.7 Å². The molecule has 1 aliphatic heterocycles. The summed E-state index contributed by atoms with van der Waals surface area (Å²) in [6.45, 7) is 5.18. The van der Waals surface area contributed by atoms with E-state index < -0.39 is 0 Å². The number of nitrogens with one attached hydrogen (secondary N) is 1. The third-order valence-electron chi connectivity index (χ3n) is 4.19. The van der Waals surface area contributed by atoms with Gasteiger partial charge in [0.1, 0.15) is 0 Å². The third-order valence-corrected chi connectivity index (χ3v) is 4.19. The summed E-state index contributed by atoms with van der Waals surface area (Å²) in [5.41, 5.74) is 1.83. The summed E-state index contributed by atoms with van der Waals surface area (Å²) in [5.74, 6) is -0.124. The highest BCUT2D eigenvalue weighted by atomic mass is 16.2. The van der Waals surface area contributed by atoms with E-state index in [4.69, 9.17) is 0 Å². The van der Waals surface area contributed by atoms with E-state index in [1.807, 2.05) is 24.3 Å². The van der Waals surface area contributed by atoms with E-state index in [1.54, 1.807) is 0 Å². The number of piperidine rings is 1. The van der Waals surface area contributed by atoms with Gasteiger partial charge in [0.15, 0.2) is 0 Å². The van der Waals surface area contributed by atoms with Crippen LogP contribution in [0.3, 0.4) is 0 Å². The third kappa shape index (κ3) is 2.14. The van der Waals surface area contributed by atoms with Crippen molar-refractivity contribution in [2.24, 2.45) is 11.8 Å². The van der Waals surface area contributed by atoms with Gasteiger partial charge in [-0.15, -0.1) is 0 Å². The van der Waals surface area contributed by atoms with Gasteiger partial charge in [-0.05, 0) is 44.0 Å². The van der Waals surface area contributed by atoms with Crippen molar-refractivity contribution in [3.05, 3.63) is 29.8 Å². The minimum absolute atomic E-state index is 0.0219. The Morgan fingerprint density at radius 2 is 2.00 bits per heavy atom. The first-order chi connectivity index (χ1) is 9.63. The fourth-order valence-electron chi connectivity index (χ4n) is 2.85. The fraction of sp³-hybridized carbons (Fsp3) is 0.500. The zero-order valence-corrected chi connectivity index (χ0v) is 11.9. The predicted octanol–water partition coefficient (Wildman–Crippen LogP) is 2.26. The topological polar surface area (TPSA) is 49.4 Å². The van der Waals surface area contributed by atoms with Gasteiger partial charge in [-0.25, -0.2) is 0 Å². The van der Waals surface area contributed by atoms with Gasteiger partial charge in [-0.1, -0.05) is 19.1 Å². The second-order valence-electron chi connectivity index (χ2n) is 5.73. The van der Waals surface area contributed by atoms with Crippen LogP contribution >= 0.6 is 0 Å². The Morgan fingerprint density at radius 1 is 1.30 bits per heavy atom. The summed E-state index contributed by atoms with van der Waals surface area (Å²) in [6.07, 6.45) is 1.83. The normalized spacial score (nSPS) is 25.8. The Hall–Kier alpha value is -1.68. The molecule has 1 aromatic rings. The van der Waals surface area contributed by atoms with E-state index >= 15 is 0 Å². The number of fused-ring (bicyclic) bond motifs is 1. The molecule has 1 aromatic carbocycles. The number of hydrogen-bond donors (Lipinski definition) is 1. The summed E-state index contributed by atoms with van der Waals surface area (Å²) in [5, 5.41) is 3.42. The molecule has 2 amide bonds. The van der Waals surface area contributed by atoms with E-state index in [0.29, 0.717) is 0 Å². The largest absolute Gasteiger partial charge is 0.310 e. The molecule has 3 rings (SSSR count). The molecule has 1 aliphatic carbocycles. The minimum Gasteiger partial charge on any atom is -0.310 e. The number of amides is 2. The number of carbonyl (C=O) groups excluding carboxylic acids is 2. The van der Waals surface area contributed by atoms with Crippen molar-refractivity contribution < 1.29 is 9.59 Å². The number of anilines is 1. The lowest BCUT2D eigenvalue weighted by Crippen LogP contribution is -2.33. The molecule has 106 valence electrons. The molecule has 1 N–H and O–H groups in total. The van der Waals surface area contributed by atoms with Crippen molar-refractivity contribution in [1.82, 2.24) is 5.32 Å². The highest BCUT2D eigenvalue weighted by Gasteiger charge is 2.59. The maximum atomic E-state index is 12.1. The summed E-state index contributed by atoms with van der Waals surface area (Å²) < 4.78 is 0. The molecule has 2 aliphatic rings. The first-order valence-corrected chi connectivity index (χ1v) is 7.34. The minimum atomic E-state index is -0.0400. The molecular weight excluding hydrogens is 252 g/mol. The summed E-state index contributed by atoms with van der Waals surface area (Å²) in [4.78, 5) is 25.6. The molecule has 0 bridgehead atoms. The Balaban J connectivity index is 1.81. The van der Waals surface area contributed by atoms with Crippen molar-refractivity contribution in [3.63, 3.8) is 0 Å². The first kappa shape index (κ1) is 13.3. The van der Waals surface area contributed by atoms with Crippen molar-refractivity contribution >= 4 is 17.5 Å². The summed E-state index contributed by atoms with van der Waals surface area (Å²) in [7, 11) is 0. The van der Waals surface area contributed by atoms with Gasteiger partial charge in [0.05, 0.1) is 17.5 Å². The van der Waals surface area contributed by atoms with Crippen LogP contribution in [0.1, 0.15) is 38.3 Å². The van der Waals surface area contributed by atoms with E-state index in [1.165, 1.54) is 4.90 Å². The first-order valence-electron chi connectivity index (χ1n) is 7.34. The van der Waals surface area contributed by atoms with Gasteiger partial charge in [-0.2, -0.15) is 0 Å². The van der Waals surface area contributed by atoms with Crippen molar-refractivity contribution in [3.8, 4) is 0 Å². The maximum absolute atomic E-state index is 12.1. The van der Waals surface area contributed by atoms with Crippen molar-refractivity contribution in [2.75, 3.05) is 11.4 Å². The SMILES string of the molecule is CCCNC(C)c1cccc(N2C(=O)C3CC3C2=O)c1. The molecule has 0 aromatic heterocycles. The van der Waals surface area contributed by atoms with Gasteiger partial charge in [-0.3, -0.25) is 14.5 Å². The quantitative estimate of drug-likeness (QED) is 0.836. The molecule has 1 saturated heterocycles. The number of rotatable bonds is 5. The van der Waals surface area contributed by atoms with E-state index in [2.05, 4.69) is 19.2 Å². The van der Waals surface area contributed by atoms with Crippen LogP contribution in [-0.4, -0.2) is 18.4 Å². The van der Waals surface area contributed by atoms with Crippen LogP contribution in [0.4, 0.5) is 5.69 Å². The molecule has 4 heteroatoms. The molecule has 1 saturated carbocycles. The Kier molecular flexibility index (Phi) is 3.34. The van der Waals surface area contributed by atoms with Crippen molar-refractivity contribution in [1.29, 1.82) is 0 Å². The second kappa shape index (κ2) is 5.02. The molecule has 20 heavy (non-hydrogen) atoms. The van der Waals surface area contributed by atoms with Crippen LogP contribution in [0.15, 0.2) is 24.3 Å². The molecule has 4 nitrogen and oxygen atoms in total. The smallest absolute Gasteiger partial charge is 0.237 e. The Bertz CT molecular complexity index is 535. The zero-order chi connectivity index (χ0) is 14.3. The van der Waals surface area contributed by atoms with Gasteiger partial charge < -0.3 is 5.32 Å². The van der Waals surface area contributed by atoms with E-state index in [0.717, 1.165) is 30.6 Å². The molecule has 0 radical (unpaired) electrons. The van der Waals surface area contributed by atoms with Crippen LogP contribution in [0.2, 0.25) is 0 Å². The number of imide groups is 1. The zero-order valence-electron chi connectivity index (χ0n) is 11.9. The highest BCUT2D eigenvalue weighted by molar-refractivity contribution is 6.24. The molecule has 2 fully saturated rings. The standard InChI is InChI=1S/C16H20N2O2/c1-3-7-17-10(2)11-5-4-6-12(8-11)18-15(19)13-9-14(13)16(18)20/h4-6,8,10,13-14,17H,3,7,9H2,1-2H3. The highest BCUT2D eigenvalue weighted by Crippen LogP contribution is 2.48. The van der Waals surface area contributed by atoms with Crippen molar-refractivity contribution in [2.45, 2.75) is 32.7 Å². The van der Waals surface area contributed by atoms with Crippen LogP contribution in [0.5, 0.6) is 0 Å². The average molecular weight is 272 g/mol. The predicted molar refractivity (Wildman–Crippen MR) is 77.2 cm³/mol. The van der Waals surface area contributed by atoms with Crippen LogP contribution in [-0.2, 0) is 9.59 Å². The maximum Gasteiger partial charge on any atom is 0.237 e. The number of benzene rings is 1. The molecule has 0 spiro atoms. The van der Waals surface area contributed by atoms with Crippen LogP contribution < -0.4 is 10.2 Å². The van der Waals surface area contributed by atoms with Gasteiger partial charge in [0.2, 0.25) is 11.8 Å². The average Bonchev–Trinajstić information content (AvgIpc) is 3.21. The van der Waals surface area contributed by atoms with Gasteiger partial charge in [0.25, 0.3) is 0 Å². The lowest BCUT2D eigenvalue weighted by Gasteiger charge is -2.19.